The highest BCUT2D eigenvalue weighted by Gasteiger charge is 2.45. The molecule has 2 aliphatic heterocycles. The van der Waals surface area contributed by atoms with E-state index < -0.39 is 120 Å². The van der Waals surface area contributed by atoms with E-state index in [9.17, 15) is 58.8 Å². The molecule has 21 nitrogen and oxygen atoms in total. The lowest BCUT2D eigenvalue weighted by atomic mass is 9.82. The van der Waals surface area contributed by atoms with E-state index in [1.165, 1.54) is 24.4 Å². The number of carbonyl (C=O) groups excluding carboxylic acids is 2. The molecule has 1 aromatic heterocycles. The largest absolute Gasteiger partial charge is 0.481 e. The normalized spacial score (nSPS) is 30.2. The molecule has 0 aromatic carbocycles. The number of nitrogen functional groups attached to an aromatic ring is 1. The van der Waals surface area contributed by atoms with Crippen LogP contribution < -0.4 is 11.4 Å². The molecule has 0 aliphatic carbocycles. The van der Waals surface area contributed by atoms with Gasteiger partial charge in [0.1, 0.15) is 30.9 Å². The van der Waals surface area contributed by atoms with E-state index in [0.717, 1.165) is 49.5 Å². The summed E-state index contributed by atoms with van der Waals surface area (Å²) in [6, 6.07) is 1.24. The number of nitrogens with zero attached hydrogens (tertiary/aromatic N) is 2. The van der Waals surface area contributed by atoms with Crippen LogP contribution in [-0.2, 0) is 46.3 Å². The first-order valence-electron chi connectivity index (χ1n) is 26.5. The summed E-state index contributed by atoms with van der Waals surface area (Å²) in [5.41, 5.74) is 4.77. The molecule has 0 saturated carbocycles. The van der Waals surface area contributed by atoms with Crippen molar-refractivity contribution in [3.63, 3.8) is 0 Å². The lowest BCUT2D eigenvalue weighted by molar-refractivity contribution is -0.194. The summed E-state index contributed by atoms with van der Waals surface area (Å²) < 4.78 is 59.0. The summed E-state index contributed by atoms with van der Waals surface area (Å²) in [5.74, 6) is -4.29. The molecule has 23 heteroatoms. The first-order chi connectivity index (χ1) is 36.9. The number of hydrogen-bond acceptors (Lipinski definition) is 18. The van der Waals surface area contributed by atoms with Crippen LogP contribution in [0.1, 0.15) is 129 Å². The zero-order valence-corrected chi connectivity index (χ0v) is 46.1. The van der Waals surface area contributed by atoms with Gasteiger partial charge in [-0.25, -0.2) is 13.9 Å². The van der Waals surface area contributed by atoms with Crippen LogP contribution in [0, 0.1) is 11.8 Å². The Kier molecular flexibility index (Phi) is 32.5. The van der Waals surface area contributed by atoms with Crippen molar-refractivity contribution in [3.05, 3.63) is 120 Å². The minimum atomic E-state index is -5.73. The van der Waals surface area contributed by atoms with Gasteiger partial charge in [-0.3, -0.25) is 23.2 Å². The first kappa shape index (κ1) is 66.8. The summed E-state index contributed by atoms with van der Waals surface area (Å²) in [7, 11) is -11.3. The fraction of sp³-hybridized carbons (Fsp3) is 0.593. The van der Waals surface area contributed by atoms with Gasteiger partial charge >= 0.3 is 33.3 Å². The molecule has 1 saturated heterocycles. The van der Waals surface area contributed by atoms with Crippen LogP contribution in [0.4, 0.5) is 5.82 Å². The molecular formula is C54H83N3O18P2. The summed E-state index contributed by atoms with van der Waals surface area (Å²) in [6.07, 6.45) is 26.2. The zero-order chi connectivity index (χ0) is 56.5. The van der Waals surface area contributed by atoms with Gasteiger partial charge in [0.15, 0.2) is 6.10 Å². The number of rotatable bonds is 22. The van der Waals surface area contributed by atoms with E-state index in [0.29, 0.717) is 19.3 Å². The first-order valence-corrected chi connectivity index (χ1v) is 29.5. The monoisotopic (exact) mass is 1120 g/mol. The smallest absolute Gasteiger partial charge is 0.462 e. The molecular weight excluding hydrogens is 1040 g/mol. The van der Waals surface area contributed by atoms with Crippen molar-refractivity contribution in [2.75, 3.05) is 25.6 Å². The molecule has 0 amide bonds. The van der Waals surface area contributed by atoms with Crippen LogP contribution in [0.2, 0.25) is 0 Å². The van der Waals surface area contributed by atoms with E-state index in [2.05, 4.69) is 64.8 Å². The van der Waals surface area contributed by atoms with E-state index in [4.69, 9.17) is 29.0 Å². The highest BCUT2D eigenvalue weighted by molar-refractivity contribution is 7.61. The molecule has 2 aliphatic rings. The second-order valence-electron chi connectivity index (χ2n) is 18.6. The molecule has 77 heavy (non-hydrogen) atoms. The minimum absolute atomic E-state index is 0.0948. The average Bonchev–Trinajstić information content (AvgIpc) is 3.37. The van der Waals surface area contributed by atoms with Crippen molar-refractivity contribution >= 4 is 33.4 Å². The number of carbonyl (C=O) groups is 2. The molecule has 2 bridgehead atoms. The summed E-state index contributed by atoms with van der Waals surface area (Å²) >= 11 is 0. The van der Waals surface area contributed by atoms with Gasteiger partial charge in [-0.05, 0) is 76.7 Å². The third kappa shape index (κ3) is 27.8. The number of aliphatic hydroxyl groups is 5. The van der Waals surface area contributed by atoms with Gasteiger partial charge in [0, 0.05) is 37.3 Å². The van der Waals surface area contributed by atoms with Crippen LogP contribution in [0.15, 0.2) is 114 Å². The summed E-state index contributed by atoms with van der Waals surface area (Å²) in [6.45, 7) is 1.29. The SMILES string of the molecule is CC/C=C\C/C=C\C/C=C\C/C=C\C/C=C\C/C=C\CCC(=O)O[C@@H]1COC(=O)CCC/C=C\C[C@@H]2[C@H](n3ccc(N)nc3=O)O[C@H](COP(=O)(O)OP(=O)(O)OC1)[C@@H](O)[C@@H](O)[C@@H](/C=C/[C@@H](O)CCCCC)[C@H](O)C[C@@H]2O. The predicted octanol–water partition coefficient (Wildman–Crippen LogP) is 7.60. The van der Waals surface area contributed by atoms with Crippen molar-refractivity contribution in [1.29, 1.82) is 0 Å². The minimum Gasteiger partial charge on any atom is -0.462 e. The quantitative estimate of drug-likeness (QED) is 0.0240. The molecule has 0 spiro atoms. The number of aromatic nitrogens is 2. The molecule has 2 unspecified atom stereocenters. The van der Waals surface area contributed by atoms with Crippen LogP contribution in [0.25, 0.3) is 0 Å². The van der Waals surface area contributed by atoms with Crippen molar-refractivity contribution in [3.8, 4) is 0 Å². The maximum Gasteiger partial charge on any atom is 0.481 e. The van der Waals surface area contributed by atoms with E-state index >= 15 is 0 Å². The Balaban J connectivity index is 1.77. The topological polar surface area (TPSA) is 326 Å². The van der Waals surface area contributed by atoms with Gasteiger partial charge in [-0.1, -0.05) is 130 Å². The number of ether oxygens (including phenoxy) is 3. The fourth-order valence-electron chi connectivity index (χ4n) is 8.02. The number of cyclic esters (lactones) is 1. The fourth-order valence-corrected chi connectivity index (χ4v) is 10.1. The Labute approximate surface area is 452 Å². The number of anilines is 1. The zero-order valence-electron chi connectivity index (χ0n) is 44.3. The molecule has 1 fully saturated rings. The van der Waals surface area contributed by atoms with Crippen molar-refractivity contribution < 1.29 is 81.6 Å². The molecule has 1 aromatic rings. The molecule has 3 rings (SSSR count). The molecule has 9 N–H and O–H groups in total. The average molecular weight is 1120 g/mol. The van der Waals surface area contributed by atoms with Crippen molar-refractivity contribution in [1.82, 2.24) is 9.55 Å². The summed E-state index contributed by atoms with van der Waals surface area (Å²) in [5, 5.41) is 57.5. The molecule has 0 radical (unpaired) electrons. The van der Waals surface area contributed by atoms with Gasteiger partial charge in [-0.2, -0.15) is 9.29 Å². The number of unbranched alkanes of at least 4 members (excludes halogenated alkanes) is 2. The van der Waals surface area contributed by atoms with Gasteiger partial charge in [0.2, 0.25) is 0 Å². The molecule has 12 atom stereocenters. The Hall–Kier alpha value is -4.44. The molecule has 432 valence electrons. The van der Waals surface area contributed by atoms with Crippen LogP contribution in [0.3, 0.4) is 0 Å². The van der Waals surface area contributed by atoms with Crippen molar-refractivity contribution in [2.24, 2.45) is 11.8 Å². The van der Waals surface area contributed by atoms with Gasteiger partial charge in [0.05, 0.1) is 37.6 Å². The second-order valence-corrected chi connectivity index (χ2v) is 21.7. The third-order valence-electron chi connectivity index (χ3n) is 12.2. The Morgan fingerprint density at radius 2 is 1.44 bits per heavy atom. The standard InChI is InChI=1S/C54H83N3O18P2/c1-3-5-7-8-9-10-11-12-13-14-15-16-17-18-19-20-21-22-28-32-50(62)73-42-38-70-49(61)31-27-24-23-26-30-44-46(60)37-45(59)43(34-33-41(58)29-25-6-4-2)51(63)52(64)47(40-72-77(68,69)75-76(66,67)71-39-42)74-53(44)57-36-35-48(55)56-54(57)65/h5,7,9-10,12-13,15-16,18-19,21-23,26,33-36,41-47,51-53,58-60,63-64H,3-4,6,8,11,14,17,20,24-25,27-32,37-40H2,1-2H3,(H,66,67)(H,68,69)(H2,55,56,65)/b7-5-,10-9-,13-12-,16-15-,19-18-,22-21-,26-23-,34-33+/t41-,42+,43-,44-,45+,46-,47+,51-,52+,53+/m0/s1. The lowest BCUT2D eigenvalue weighted by Crippen LogP contribution is -2.52. The number of allylic oxidation sites excluding steroid dienone is 14. The van der Waals surface area contributed by atoms with Crippen molar-refractivity contribution in [2.45, 2.75) is 172 Å². The number of hydrogen-bond donors (Lipinski definition) is 8. The highest BCUT2D eigenvalue weighted by atomic mass is 31.3. The highest BCUT2D eigenvalue weighted by Crippen LogP contribution is 2.60. The van der Waals surface area contributed by atoms with Crippen LogP contribution >= 0.6 is 15.6 Å². The number of nitrogens with two attached hydrogens (primary N) is 1. The Bertz CT molecular complexity index is 2300. The van der Waals surface area contributed by atoms with E-state index in [1.807, 2.05) is 25.2 Å². The van der Waals surface area contributed by atoms with Gasteiger partial charge in [0.25, 0.3) is 0 Å². The van der Waals surface area contributed by atoms with E-state index in [-0.39, 0.29) is 44.3 Å². The maximum atomic E-state index is 13.4. The number of aliphatic hydroxyl groups excluding tert-OH is 5. The second kappa shape index (κ2) is 37.4. The number of phosphoric acid groups is 2. The Morgan fingerprint density at radius 1 is 0.831 bits per heavy atom. The maximum absolute atomic E-state index is 13.4. The van der Waals surface area contributed by atoms with Crippen LogP contribution in [-0.4, -0.2) is 119 Å². The number of esters is 2. The van der Waals surface area contributed by atoms with Gasteiger partial charge < -0.3 is 55.3 Å². The third-order valence-corrected chi connectivity index (χ3v) is 14.8. The Morgan fingerprint density at radius 3 is 2.05 bits per heavy atom. The van der Waals surface area contributed by atoms with Crippen LogP contribution in [0.5, 0.6) is 0 Å². The number of fused-ring (bicyclic) bond motifs is 3. The van der Waals surface area contributed by atoms with E-state index in [1.54, 1.807) is 18.2 Å². The summed E-state index contributed by atoms with van der Waals surface area (Å²) in [4.78, 5) is 64.3. The molecule has 3 heterocycles. The number of phosphoric ester groups is 2. The van der Waals surface area contributed by atoms with Gasteiger partial charge in [-0.15, -0.1) is 0 Å². The predicted molar refractivity (Wildman–Crippen MR) is 290 cm³/mol. The lowest BCUT2D eigenvalue weighted by Gasteiger charge is -2.40.